The van der Waals surface area contributed by atoms with Crippen LogP contribution in [0.4, 0.5) is 17.3 Å². The second-order valence-corrected chi connectivity index (χ2v) is 4.29. The fraction of sp³-hybridized carbons (Fsp3) is 0. The number of nitrogens with one attached hydrogen (secondary N) is 1. The standard InChI is InChI=1S/C12H12ClN7O/c13-8-10(17-6-4-2-1-3-5-6)19-9(14)7(18-8)11(21)20-12(15)16/h1-5H,(H3,14,17,19)(H4,15,16,20,21). The van der Waals surface area contributed by atoms with Gasteiger partial charge in [-0.2, -0.15) is 4.99 Å². The topological polar surface area (TPSA) is 145 Å². The van der Waals surface area contributed by atoms with Crippen LogP contribution in [0, 0.1) is 0 Å². The van der Waals surface area contributed by atoms with Gasteiger partial charge in [-0.25, -0.2) is 9.97 Å². The number of rotatable bonds is 3. The molecule has 2 rings (SSSR count). The van der Waals surface area contributed by atoms with Crippen LogP contribution in [0.15, 0.2) is 35.3 Å². The van der Waals surface area contributed by atoms with Crippen LogP contribution in [0.1, 0.15) is 10.5 Å². The highest BCUT2D eigenvalue weighted by Crippen LogP contribution is 2.24. The maximum absolute atomic E-state index is 11.7. The monoisotopic (exact) mass is 305 g/mol. The first-order chi connectivity index (χ1) is 9.97. The summed E-state index contributed by atoms with van der Waals surface area (Å²) >= 11 is 5.98. The number of halogens is 1. The van der Waals surface area contributed by atoms with Crippen molar-refractivity contribution in [1.82, 2.24) is 9.97 Å². The van der Waals surface area contributed by atoms with Gasteiger partial charge in [-0.15, -0.1) is 0 Å². The summed E-state index contributed by atoms with van der Waals surface area (Å²) in [6.07, 6.45) is 0. The molecule has 0 spiro atoms. The van der Waals surface area contributed by atoms with Gasteiger partial charge in [-0.05, 0) is 12.1 Å². The summed E-state index contributed by atoms with van der Waals surface area (Å²) < 4.78 is 0. The van der Waals surface area contributed by atoms with Crippen molar-refractivity contribution in [2.24, 2.45) is 16.5 Å². The highest BCUT2D eigenvalue weighted by molar-refractivity contribution is 6.32. The quantitative estimate of drug-likeness (QED) is 0.486. The van der Waals surface area contributed by atoms with E-state index in [0.29, 0.717) is 0 Å². The van der Waals surface area contributed by atoms with Gasteiger partial charge >= 0.3 is 5.91 Å². The Morgan fingerprint density at radius 2 is 1.86 bits per heavy atom. The first-order valence-electron chi connectivity index (χ1n) is 5.76. The number of aliphatic imine (C=N–C) groups is 1. The summed E-state index contributed by atoms with van der Waals surface area (Å²) in [5, 5.41) is 2.91. The summed E-state index contributed by atoms with van der Waals surface area (Å²) in [4.78, 5) is 22.9. The molecule has 0 aliphatic carbocycles. The lowest BCUT2D eigenvalue weighted by molar-refractivity contribution is 0.0998. The Kier molecular flexibility index (Phi) is 4.19. The van der Waals surface area contributed by atoms with Crippen LogP contribution in [-0.4, -0.2) is 21.8 Å². The minimum absolute atomic E-state index is 0.0257. The number of hydrogen-bond donors (Lipinski definition) is 4. The fourth-order valence-corrected chi connectivity index (χ4v) is 1.67. The van der Waals surface area contributed by atoms with Crippen LogP contribution in [0.2, 0.25) is 5.15 Å². The molecule has 8 nitrogen and oxygen atoms in total. The normalized spacial score (nSPS) is 9.95. The van der Waals surface area contributed by atoms with Gasteiger partial charge in [0.2, 0.25) is 0 Å². The van der Waals surface area contributed by atoms with Crippen LogP contribution < -0.4 is 22.5 Å². The zero-order valence-electron chi connectivity index (χ0n) is 10.7. The molecule has 1 aromatic heterocycles. The smallest absolute Gasteiger partial charge is 0.302 e. The number of aromatic nitrogens is 2. The van der Waals surface area contributed by atoms with E-state index in [1.807, 2.05) is 30.3 Å². The molecule has 0 aliphatic heterocycles. The predicted molar refractivity (Wildman–Crippen MR) is 81.3 cm³/mol. The van der Waals surface area contributed by atoms with Crippen molar-refractivity contribution in [2.75, 3.05) is 11.1 Å². The molecule has 1 aromatic carbocycles. The second-order valence-electron chi connectivity index (χ2n) is 3.93. The SMILES string of the molecule is NC(N)=NC(=O)c1nc(Cl)c(Nc2ccccc2)nc1N. The Morgan fingerprint density at radius 1 is 1.19 bits per heavy atom. The van der Waals surface area contributed by atoms with E-state index in [1.165, 1.54) is 0 Å². The predicted octanol–water partition coefficient (Wildman–Crippen LogP) is 0.869. The molecule has 2 aromatic rings. The highest BCUT2D eigenvalue weighted by Gasteiger charge is 2.16. The zero-order valence-corrected chi connectivity index (χ0v) is 11.5. The zero-order chi connectivity index (χ0) is 15.4. The average molecular weight is 306 g/mol. The number of benzene rings is 1. The van der Waals surface area contributed by atoms with E-state index in [-0.39, 0.29) is 22.5 Å². The van der Waals surface area contributed by atoms with Crippen LogP contribution >= 0.6 is 11.6 Å². The minimum Gasteiger partial charge on any atom is -0.382 e. The van der Waals surface area contributed by atoms with Crippen molar-refractivity contribution in [1.29, 1.82) is 0 Å². The van der Waals surface area contributed by atoms with Gasteiger partial charge in [0.25, 0.3) is 0 Å². The molecular formula is C12H12ClN7O. The number of nitrogens with two attached hydrogens (primary N) is 3. The van der Waals surface area contributed by atoms with Gasteiger partial charge in [0.05, 0.1) is 0 Å². The van der Waals surface area contributed by atoms with Crippen molar-refractivity contribution in [2.45, 2.75) is 0 Å². The van der Waals surface area contributed by atoms with Gasteiger partial charge in [-0.1, -0.05) is 29.8 Å². The number of carbonyl (C=O) groups excluding carboxylic acids is 1. The maximum atomic E-state index is 11.7. The summed E-state index contributed by atoms with van der Waals surface area (Å²) in [7, 11) is 0. The third-order valence-electron chi connectivity index (χ3n) is 2.35. The van der Waals surface area contributed by atoms with Gasteiger partial charge in [0.15, 0.2) is 28.4 Å². The molecule has 0 saturated heterocycles. The fourth-order valence-electron chi connectivity index (χ4n) is 1.49. The second kappa shape index (κ2) is 6.06. The van der Waals surface area contributed by atoms with Gasteiger partial charge in [0.1, 0.15) is 0 Å². The van der Waals surface area contributed by atoms with E-state index < -0.39 is 11.9 Å². The molecule has 0 radical (unpaired) electrons. The number of amides is 1. The first kappa shape index (κ1) is 14.5. The molecule has 0 fully saturated rings. The lowest BCUT2D eigenvalue weighted by Gasteiger charge is -2.09. The first-order valence-corrected chi connectivity index (χ1v) is 6.14. The van der Waals surface area contributed by atoms with Gasteiger partial charge in [-0.3, -0.25) is 4.79 Å². The van der Waals surface area contributed by atoms with Crippen molar-refractivity contribution >= 4 is 40.8 Å². The number of hydrogen-bond acceptors (Lipinski definition) is 5. The van der Waals surface area contributed by atoms with Crippen molar-refractivity contribution < 1.29 is 4.79 Å². The van der Waals surface area contributed by atoms with Crippen molar-refractivity contribution in [3.05, 3.63) is 41.2 Å². The molecule has 7 N–H and O–H groups in total. The summed E-state index contributed by atoms with van der Waals surface area (Å²) in [6, 6.07) is 9.16. The van der Waals surface area contributed by atoms with Crippen molar-refractivity contribution in [3.63, 3.8) is 0 Å². The van der Waals surface area contributed by atoms with Crippen LogP contribution in [-0.2, 0) is 0 Å². The lowest BCUT2D eigenvalue weighted by atomic mass is 10.3. The molecule has 21 heavy (non-hydrogen) atoms. The number of anilines is 3. The minimum atomic E-state index is -0.812. The molecular weight excluding hydrogens is 294 g/mol. The van der Waals surface area contributed by atoms with Crippen LogP contribution in [0.3, 0.4) is 0 Å². The summed E-state index contributed by atoms with van der Waals surface area (Å²) in [6.45, 7) is 0. The Bertz CT molecular complexity index is 698. The third kappa shape index (κ3) is 3.57. The summed E-state index contributed by atoms with van der Waals surface area (Å²) in [5.74, 6) is -1.12. The van der Waals surface area contributed by atoms with E-state index in [0.717, 1.165) is 5.69 Å². The van der Waals surface area contributed by atoms with E-state index in [2.05, 4.69) is 20.3 Å². The molecule has 9 heteroatoms. The maximum Gasteiger partial charge on any atom is 0.302 e. The van der Waals surface area contributed by atoms with E-state index in [4.69, 9.17) is 28.8 Å². The molecule has 0 bridgehead atoms. The lowest BCUT2D eigenvalue weighted by Crippen LogP contribution is -2.24. The molecule has 108 valence electrons. The van der Waals surface area contributed by atoms with Crippen LogP contribution in [0.25, 0.3) is 0 Å². The Labute approximate surface area is 125 Å². The van der Waals surface area contributed by atoms with E-state index in [1.54, 1.807) is 0 Å². The third-order valence-corrected chi connectivity index (χ3v) is 2.61. The molecule has 1 amide bonds. The van der Waals surface area contributed by atoms with Gasteiger partial charge < -0.3 is 22.5 Å². The number of para-hydroxylation sites is 1. The Balaban J connectivity index is 2.33. The molecule has 0 atom stereocenters. The highest BCUT2D eigenvalue weighted by atomic mass is 35.5. The number of nitrogens with zero attached hydrogens (tertiary/aromatic N) is 3. The number of nitrogen functional groups attached to an aromatic ring is 1. The molecule has 1 heterocycles. The van der Waals surface area contributed by atoms with E-state index in [9.17, 15) is 4.79 Å². The summed E-state index contributed by atoms with van der Waals surface area (Å²) in [5.41, 5.74) is 16.5. The van der Waals surface area contributed by atoms with E-state index >= 15 is 0 Å². The number of carbonyl (C=O) groups is 1. The van der Waals surface area contributed by atoms with Gasteiger partial charge in [0, 0.05) is 5.69 Å². The molecule has 0 saturated carbocycles. The largest absolute Gasteiger partial charge is 0.382 e. The average Bonchev–Trinajstić information content (AvgIpc) is 2.42. The Hall–Kier alpha value is -2.87. The Morgan fingerprint density at radius 3 is 2.48 bits per heavy atom. The molecule has 0 unspecified atom stereocenters. The molecule has 0 aliphatic rings. The number of guanidine groups is 1. The van der Waals surface area contributed by atoms with Crippen LogP contribution in [0.5, 0.6) is 0 Å². The van der Waals surface area contributed by atoms with Crippen molar-refractivity contribution in [3.8, 4) is 0 Å².